The van der Waals surface area contributed by atoms with Gasteiger partial charge in [-0.05, 0) is 24.3 Å². The Labute approximate surface area is 98.6 Å². The molecule has 1 aliphatic heterocycles. The molecule has 17 heavy (non-hydrogen) atoms. The van der Waals surface area contributed by atoms with E-state index in [9.17, 15) is 4.79 Å². The minimum atomic E-state index is 0.0908. The largest absolute Gasteiger partial charge is 0.497 e. The third-order valence-corrected chi connectivity index (χ3v) is 3.12. The number of furan rings is 1. The fourth-order valence-corrected chi connectivity index (χ4v) is 2.18. The lowest BCUT2D eigenvalue weighted by Gasteiger charge is -2.00. The van der Waals surface area contributed by atoms with Crippen molar-refractivity contribution in [3.63, 3.8) is 0 Å². The molecule has 1 fully saturated rings. The van der Waals surface area contributed by atoms with E-state index >= 15 is 0 Å². The molecule has 4 heteroatoms. The normalized spacial score (nSPS) is 19.6. The van der Waals surface area contributed by atoms with Gasteiger partial charge in [-0.2, -0.15) is 0 Å². The van der Waals surface area contributed by atoms with Crippen LogP contribution in [0.4, 0.5) is 0 Å². The summed E-state index contributed by atoms with van der Waals surface area (Å²) >= 11 is 0. The molecule has 88 valence electrons. The molecule has 1 saturated heterocycles. The summed E-state index contributed by atoms with van der Waals surface area (Å²) in [5, 5.41) is 3.82. The van der Waals surface area contributed by atoms with E-state index in [0.717, 1.165) is 22.5 Å². The fraction of sp³-hybridized carbons (Fsp3) is 0.308. The number of rotatable bonds is 2. The van der Waals surface area contributed by atoms with Gasteiger partial charge >= 0.3 is 0 Å². The highest BCUT2D eigenvalue weighted by Crippen LogP contribution is 2.30. The maximum absolute atomic E-state index is 11.2. The Kier molecular flexibility index (Phi) is 2.28. The van der Waals surface area contributed by atoms with Crippen molar-refractivity contribution in [1.29, 1.82) is 0 Å². The van der Waals surface area contributed by atoms with Gasteiger partial charge in [0.05, 0.1) is 7.11 Å². The average molecular weight is 231 g/mol. The highest BCUT2D eigenvalue weighted by atomic mass is 16.5. The minimum Gasteiger partial charge on any atom is -0.497 e. The molecule has 0 radical (unpaired) electrons. The van der Waals surface area contributed by atoms with Gasteiger partial charge in [-0.25, -0.2) is 0 Å². The first-order valence-electron chi connectivity index (χ1n) is 5.60. The van der Waals surface area contributed by atoms with Crippen LogP contribution in [0.2, 0.25) is 0 Å². The van der Waals surface area contributed by atoms with Gasteiger partial charge in [0.25, 0.3) is 0 Å². The van der Waals surface area contributed by atoms with E-state index in [0.29, 0.717) is 13.0 Å². The molecule has 4 nitrogen and oxygen atoms in total. The van der Waals surface area contributed by atoms with Crippen molar-refractivity contribution in [2.45, 2.75) is 12.3 Å². The van der Waals surface area contributed by atoms with E-state index in [4.69, 9.17) is 9.15 Å². The van der Waals surface area contributed by atoms with Gasteiger partial charge in [0.15, 0.2) is 0 Å². The molecule has 0 spiro atoms. The Hall–Kier alpha value is -1.97. The molecule has 2 heterocycles. The smallest absolute Gasteiger partial charge is 0.220 e. The Morgan fingerprint density at radius 2 is 2.29 bits per heavy atom. The summed E-state index contributed by atoms with van der Waals surface area (Å²) in [5.41, 5.74) is 0.833. The van der Waals surface area contributed by atoms with E-state index in [-0.39, 0.29) is 11.8 Å². The summed E-state index contributed by atoms with van der Waals surface area (Å²) in [4.78, 5) is 11.2. The van der Waals surface area contributed by atoms with E-state index in [1.807, 2.05) is 24.3 Å². The minimum absolute atomic E-state index is 0.0908. The predicted molar refractivity (Wildman–Crippen MR) is 63.1 cm³/mol. The first kappa shape index (κ1) is 10.2. The molecule has 1 aromatic carbocycles. The lowest BCUT2D eigenvalue weighted by molar-refractivity contribution is -0.119. The van der Waals surface area contributed by atoms with Crippen molar-refractivity contribution < 1.29 is 13.9 Å². The zero-order chi connectivity index (χ0) is 11.8. The van der Waals surface area contributed by atoms with Crippen LogP contribution in [0, 0.1) is 0 Å². The molecule has 0 aliphatic carbocycles. The van der Waals surface area contributed by atoms with Gasteiger partial charge in [0, 0.05) is 24.3 Å². The van der Waals surface area contributed by atoms with E-state index < -0.39 is 0 Å². The Morgan fingerprint density at radius 3 is 3.00 bits per heavy atom. The van der Waals surface area contributed by atoms with E-state index in [1.165, 1.54) is 0 Å². The molecule has 1 atom stereocenters. The van der Waals surface area contributed by atoms with Crippen molar-refractivity contribution in [1.82, 2.24) is 5.32 Å². The molecule has 2 aromatic rings. The number of amides is 1. The number of benzene rings is 1. The van der Waals surface area contributed by atoms with E-state index in [2.05, 4.69) is 5.32 Å². The molecule has 1 N–H and O–H groups in total. The molecule has 1 aliphatic rings. The quantitative estimate of drug-likeness (QED) is 0.860. The average Bonchev–Trinajstić information content (AvgIpc) is 2.93. The zero-order valence-corrected chi connectivity index (χ0v) is 9.53. The van der Waals surface area contributed by atoms with Crippen LogP contribution in [0.3, 0.4) is 0 Å². The summed E-state index contributed by atoms with van der Waals surface area (Å²) < 4.78 is 10.9. The summed E-state index contributed by atoms with van der Waals surface area (Å²) in [7, 11) is 1.64. The summed E-state index contributed by atoms with van der Waals surface area (Å²) in [6, 6.07) is 7.69. The second-order valence-corrected chi connectivity index (χ2v) is 4.26. The molecule has 1 amide bonds. The van der Waals surface area contributed by atoms with Gasteiger partial charge < -0.3 is 14.5 Å². The number of ether oxygens (including phenoxy) is 1. The fourth-order valence-electron chi connectivity index (χ4n) is 2.18. The zero-order valence-electron chi connectivity index (χ0n) is 9.53. The topological polar surface area (TPSA) is 51.5 Å². The first-order valence-corrected chi connectivity index (χ1v) is 5.60. The number of carbonyl (C=O) groups is 1. The number of hydrogen-bond donors (Lipinski definition) is 1. The van der Waals surface area contributed by atoms with Gasteiger partial charge in [-0.3, -0.25) is 4.79 Å². The molecule has 0 unspecified atom stereocenters. The maximum Gasteiger partial charge on any atom is 0.220 e. The van der Waals surface area contributed by atoms with Crippen molar-refractivity contribution in [3.05, 3.63) is 30.0 Å². The lowest BCUT2D eigenvalue weighted by Crippen LogP contribution is -2.13. The third kappa shape index (κ3) is 1.75. The van der Waals surface area contributed by atoms with Crippen molar-refractivity contribution >= 4 is 16.9 Å². The molecule has 0 bridgehead atoms. The van der Waals surface area contributed by atoms with Crippen LogP contribution in [-0.2, 0) is 4.79 Å². The summed E-state index contributed by atoms with van der Waals surface area (Å²) in [6.45, 7) is 0.662. The third-order valence-electron chi connectivity index (χ3n) is 3.12. The van der Waals surface area contributed by atoms with Gasteiger partial charge in [0.1, 0.15) is 17.1 Å². The Balaban J connectivity index is 1.98. The van der Waals surface area contributed by atoms with Crippen LogP contribution < -0.4 is 10.1 Å². The number of nitrogens with one attached hydrogen (secondary N) is 1. The van der Waals surface area contributed by atoms with Gasteiger partial charge in [0.2, 0.25) is 5.91 Å². The Bertz CT molecular complexity index is 573. The van der Waals surface area contributed by atoms with Crippen molar-refractivity contribution in [2.24, 2.45) is 0 Å². The second kappa shape index (κ2) is 3.80. The Morgan fingerprint density at radius 1 is 1.41 bits per heavy atom. The molecular formula is C13H13NO3. The van der Waals surface area contributed by atoms with Gasteiger partial charge in [-0.15, -0.1) is 0 Å². The van der Waals surface area contributed by atoms with Crippen LogP contribution in [0.1, 0.15) is 18.1 Å². The van der Waals surface area contributed by atoms with Crippen molar-refractivity contribution in [2.75, 3.05) is 13.7 Å². The molecular weight excluding hydrogens is 218 g/mol. The number of hydrogen-bond acceptors (Lipinski definition) is 3. The van der Waals surface area contributed by atoms with Gasteiger partial charge in [-0.1, -0.05) is 0 Å². The molecule has 0 saturated carbocycles. The predicted octanol–water partition coefficient (Wildman–Crippen LogP) is 2.04. The highest BCUT2D eigenvalue weighted by Gasteiger charge is 2.25. The second-order valence-electron chi connectivity index (χ2n) is 4.26. The summed E-state index contributed by atoms with van der Waals surface area (Å²) in [5.74, 6) is 1.92. The molecule has 1 aromatic heterocycles. The monoisotopic (exact) mass is 231 g/mol. The van der Waals surface area contributed by atoms with E-state index in [1.54, 1.807) is 7.11 Å². The standard InChI is InChI=1S/C13H13NO3/c1-16-10-2-3-11-8(4-10)5-12(17-11)9-6-13(15)14-7-9/h2-5,9H,6-7H2,1H3,(H,14,15)/t9-/m1/s1. The van der Waals surface area contributed by atoms with Crippen LogP contribution in [0.5, 0.6) is 5.75 Å². The number of carbonyl (C=O) groups excluding carboxylic acids is 1. The number of fused-ring (bicyclic) bond motifs is 1. The van der Waals surface area contributed by atoms with Crippen LogP contribution in [-0.4, -0.2) is 19.6 Å². The maximum atomic E-state index is 11.2. The number of methoxy groups -OCH3 is 1. The van der Waals surface area contributed by atoms with Crippen LogP contribution in [0.15, 0.2) is 28.7 Å². The lowest BCUT2D eigenvalue weighted by atomic mass is 10.1. The SMILES string of the molecule is COc1ccc2oc([C@H]3CNC(=O)C3)cc2c1. The molecule has 3 rings (SSSR count). The van der Waals surface area contributed by atoms with Crippen LogP contribution >= 0.6 is 0 Å². The van der Waals surface area contributed by atoms with Crippen LogP contribution in [0.25, 0.3) is 11.0 Å². The van der Waals surface area contributed by atoms with Crippen molar-refractivity contribution in [3.8, 4) is 5.75 Å². The summed E-state index contributed by atoms with van der Waals surface area (Å²) in [6.07, 6.45) is 0.511. The first-order chi connectivity index (χ1) is 8.26. The highest BCUT2D eigenvalue weighted by molar-refractivity contribution is 5.82.